The van der Waals surface area contributed by atoms with Gasteiger partial charge in [-0.2, -0.15) is 0 Å². The molecule has 1 aliphatic carbocycles. The highest BCUT2D eigenvalue weighted by atomic mass is 16.1. The molecule has 2 aliphatic heterocycles. The molecule has 7 heteroatoms. The molecule has 249 valence electrons. The van der Waals surface area contributed by atoms with Gasteiger partial charge in [0.1, 0.15) is 5.82 Å². The average molecular weight is 642 g/mol. The second-order valence-corrected chi connectivity index (χ2v) is 14.1. The molecule has 0 spiro atoms. The number of nitrogens with zero attached hydrogens (tertiary/aromatic N) is 4. The molecular weight excluding hydrogens is 592 g/mol. The Morgan fingerprint density at radius 2 is 1.81 bits per heavy atom. The van der Waals surface area contributed by atoms with E-state index < -0.39 is 0 Å². The molecular formula is C41H49N6O. The fourth-order valence-corrected chi connectivity index (χ4v) is 7.78. The zero-order chi connectivity index (χ0) is 33.4. The molecule has 2 N–H and O–H groups in total. The Bertz CT molecular complexity index is 1800. The minimum atomic E-state index is -0.237. The number of hydrogen-bond acceptors (Lipinski definition) is 6. The molecule has 3 aromatic carbocycles. The van der Waals surface area contributed by atoms with E-state index in [0.717, 1.165) is 72.8 Å². The predicted octanol–water partition coefficient (Wildman–Crippen LogP) is 7.55. The molecule has 48 heavy (non-hydrogen) atoms. The van der Waals surface area contributed by atoms with E-state index in [1.165, 1.54) is 47.1 Å². The molecule has 1 saturated heterocycles. The van der Waals surface area contributed by atoms with Crippen molar-refractivity contribution in [1.82, 2.24) is 20.0 Å². The first-order valence-corrected chi connectivity index (χ1v) is 17.7. The van der Waals surface area contributed by atoms with Crippen LogP contribution in [0.5, 0.6) is 0 Å². The highest BCUT2D eigenvalue weighted by molar-refractivity contribution is 6.06. The molecule has 4 aromatic rings. The molecule has 3 heterocycles. The number of ketones is 1. The number of imidazole rings is 1. The number of rotatable bonds is 12. The van der Waals surface area contributed by atoms with Gasteiger partial charge in [-0.3, -0.25) is 14.7 Å². The van der Waals surface area contributed by atoms with Crippen LogP contribution in [0.25, 0.3) is 0 Å². The monoisotopic (exact) mass is 641 g/mol. The van der Waals surface area contributed by atoms with Gasteiger partial charge in [0, 0.05) is 37.8 Å². The third kappa shape index (κ3) is 6.58. The van der Waals surface area contributed by atoms with Gasteiger partial charge in [0.25, 0.3) is 0 Å². The van der Waals surface area contributed by atoms with Crippen molar-refractivity contribution in [2.24, 2.45) is 11.8 Å². The second-order valence-electron chi connectivity index (χ2n) is 14.1. The number of Topliss-reactive ketones (excluding diaryl/α,β-unsaturated/α-hetero) is 1. The largest absolute Gasteiger partial charge is 0.329 e. The smallest absolute Gasteiger partial charge is 0.152 e. The summed E-state index contributed by atoms with van der Waals surface area (Å²) in [6.45, 7) is 12.7. The van der Waals surface area contributed by atoms with Crippen LogP contribution < -0.4 is 16.0 Å². The Labute approximate surface area is 286 Å². The minimum absolute atomic E-state index is 0.101. The van der Waals surface area contributed by atoms with Crippen molar-refractivity contribution in [1.29, 1.82) is 0 Å². The molecule has 0 bridgehead atoms. The summed E-state index contributed by atoms with van der Waals surface area (Å²) >= 11 is 0. The summed E-state index contributed by atoms with van der Waals surface area (Å²) in [5, 5.41) is 1.99. The van der Waals surface area contributed by atoms with E-state index in [1.807, 2.05) is 24.3 Å². The number of benzene rings is 3. The predicted molar refractivity (Wildman–Crippen MR) is 195 cm³/mol. The number of likely N-dealkylation sites (tertiary alicyclic amines) is 1. The first kappa shape index (κ1) is 32.4. The molecule has 7 nitrogen and oxygen atoms in total. The van der Waals surface area contributed by atoms with E-state index in [0.29, 0.717) is 0 Å². The van der Waals surface area contributed by atoms with E-state index in [4.69, 9.17) is 4.98 Å². The van der Waals surface area contributed by atoms with Crippen LogP contribution >= 0.6 is 0 Å². The molecule has 7 rings (SSSR count). The summed E-state index contributed by atoms with van der Waals surface area (Å²) in [5.41, 5.74) is 17.2. The Balaban J connectivity index is 1.17. The summed E-state index contributed by atoms with van der Waals surface area (Å²) in [6.07, 6.45) is 10.8. The number of hydrazine groups is 2. The van der Waals surface area contributed by atoms with Crippen molar-refractivity contribution in [3.63, 3.8) is 0 Å². The molecule has 1 unspecified atom stereocenters. The molecule has 3 aliphatic rings. The molecule has 1 fully saturated rings. The van der Waals surface area contributed by atoms with Gasteiger partial charge in [0.15, 0.2) is 5.78 Å². The van der Waals surface area contributed by atoms with Crippen LogP contribution in [-0.2, 0) is 24.3 Å². The summed E-state index contributed by atoms with van der Waals surface area (Å²) in [5.74, 6) is 2.76. The molecule has 2 atom stereocenters. The molecule has 1 radical (unpaired) electrons. The minimum Gasteiger partial charge on any atom is -0.329 e. The van der Waals surface area contributed by atoms with Crippen molar-refractivity contribution < 1.29 is 4.79 Å². The van der Waals surface area contributed by atoms with E-state index in [9.17, 15) is 4.79 Å². The van der Waals surface area contributed by atoms with Crippen LogP contribution in [-0.4, -0.2) is 40.4 Å². The summed E-state index contributed by atoms with van der Waals surface area (Å²) in [6, 6.07) is 21.6. The topological polar surface area (TPSA) is 65.4 Å². The van der Waals surface area contributed by atoms with Crippen molar-refractivity contribution in [3.8, 4) is 0 Å². The van der Waals surface area contributed by atoms with Crippen LogP contribution in [0.3, 0.4) is 0 Å². The number of aryl methyl sites for hydroxylation is 1. The third-order valence-electron chi connectivity index (χ3n) is 11.1. The average Bonchev–Trinajstić information content (AvgIpc) is 3.55. The van der Waals surface area contributed by atoms with Gasteiger partial charge in [-0.15, -0.1) is 5.53 Å². The first-order valence-electron chi connectivity index (χ1n) is 17.7. The number of allylic oxidation sites excluding steroid dienone is 2. The maximum absolute atomic E-state index is 14.2. The lowest BCUT2D eigenvalue weighted by molar-refractivity contribution is -0.119. The maximum atomic E-state index is 14.2. The highest BCUT2D eigenvalue weighted by Gasteiger charge is 2.40. The van der Waals surface area contributed by atoms with E-state index in [-0.39, 0.29) is 17.6 Å². The Hall–Kier alpha value is -4.20. The number of piperidine rings is 1. The Morgan fingerprint density at radius 1 is 1.02 bits per heavy atom. The van der Waals surface area contributed by atoms with Gasteiger partial charge in [-0.25, -0.2) is 4.98 Å². The van der Waals surface area contributed by atoms with E-state index in [1.54, 1.807) is 0 Å². The van der Waals surface area contributed by atoms with Crippen molar-refractivity contribution in [3.05, 3.63) is 130 Å². The van der Waals surface area contributed by atoms with Crippen molar-refractivity contribution >= 4 is 17.2 Å². The first-order chi connectivity index (χ1) is 23.3. The van der Waals surface area contributed by atoms with Crippen molar-refractivity contribution in [2.45, 2.75) is 72.4 Å². The molecule has 0 saturated carbocycles. The van der Waals surface area contributed by atoms with Crippen LogP contribution in [0.15, 0.2) is 84.7 Å². The number of carbonyl (C=O) groups is 1. The lowest BCUT2D eigenvalue weighted by Gasteiger charge is -2.31. The number of hydrogen-bond donors (Lipinski definition) is 2. The van der Waals surface area contributed by atoms with Crippen LogP contribution in [0.2, 0.25) is 0 Å². The lowest BCUT2D eigenvalue weighted by Crippen LogP contribution is -2.34. The Kier molecular flexibility index (Phi) is 9.25. The SMILES string of the molecule is CCC1CCN(Cc2nccn2Cc2cc([C@H](c3ccc4c(c3C)NNN4C)C(C)C(=O)[C]3C=C3Cc3ccccc3)ccc2C)CC1. The van der Waals surface area contributed by atoms with Crippen molar-refractivity contribution in [2.75, 3.05) is 30.6 Å². The number of anilines is 2. The lowest BCUT2D eigenvalue weighted by atomic mass is 9.75. The fourth-order valence-electron chi connectivity index (χ4n) is 7.78. The van der Waals surface area contributed by atoms with Gasteiger partial charge < -0.3 is 9.99 Å². The maximum Gasteiger partial charge on any atom is 0.152 e. The zero-order valence-electron chi connectivity index (χ0n) is 29.1. The van der Waals surface area contributed by atoms with Crippen LogP contribution in [0, 0.1) is 31.6 Å². The molecule has 1 aromatic heterocycles. The number of nitrogens with one attached hydrogen (secondary N) is 2. The summed E-state index contributed by atoms with van der Waals surface area (Å²) in [4.78, 5) is 21.6. The van der Waals surface area contributed by atoms with Gasteiger partial charge in [0.2, 0.25) is 0 Å². The highest BCUT2D eigenvalue weighted by Crippen LogP contribution is 2.45. The van der Waals surface area contributed by atoms with Crippen LogP contribution in [0.4, 0.5) is 11.4 Å². The quantitative estimate of drug-likeness (QED) is 0.167. The number of aromatic nitrogens is 2. The van der Waals surface area contributed by atoms with Gasteiger partial charge in [-0.05, 0) is 97.1 Å². The molecule has 0 amide bonds. The normalized spacial score (nSPS) is 17.9. The number of carbonyl (C=O) groups excluding carboxylic acids is 1. The summed E-state index contributed by atoms with van der Waals surface area (Å²) in [7, 11) is 2.01. The summed E-state index contributed by atoms with van der Waals surface area (Å²) < 4.78 is 2.31. The third-order valence-corrected chi connectivity index (χ3v) is 11.1. The van der Waals surface area contributed by atoms with Gasteiger partial charge in [0.05, 0.1) is 23.8 Å². The Morgan fingerprint density at radius 3 is 2.58 bits per heavy atom. The van der Waals surface area contributed by atoms with Gasteiger partial charge in [-0.1, -0.05) is 80.9 Å². The standard InChI is InChI=1S/C41H49N6O/c1-6-30-16-19-46(20-17-30)26-38-42-18-21-47(38)25-34-23-32(13-12-27(34)2)39(35-14-15-37-40(28(35)3)43-44-45(37)5)29(4)41(48)36-24-33(36)22-31-10-8-7-9-11-31/h7-15,18,21,23-24,29-30,39,43-44H,6,16-17,19-20,22,25-26H2,1-5H3/t29?,39-/m1/s1. The van der Waals surface area contributed by atoms with E-state index in [2.05, 4.69) is 115 Å². The van der Waals surface area contributed by atoms with Crippen LogP contribution in [0.1, 0.15) is 78.2 Å². The van der Waals surface area contributed by atoms with E-state index >= 15 is 0 Å². The second kappa shape index (κ2) is 13.7. The van der Waals surface area contributed by atoms with Gasteiger partial charge >= 0.3 is 0 Å². The zero-order valence-corrected chi connectivity index (χ0v) is 29.1. The number of fused-ring (bicyclic) bond motifs is 1. The fraction of sp³-hybridized carbons (Fsp3) is 0.390.